The molecule has 0 radical (unpaired) electrons. The van der Waals surface area contributed by atoms with E-state index in [9.17, 15) is 18.4 Å². The summed E-state index contributed by atoms with van der Waals surface area (Å²) in [5.41, 5.74) is 1.75. The maximum absolute atomic E-state index is 15.0. The van der Waals surface area contributed by atoms with Crippen LogP contribution in [0.15, 0.2) is 79.1 Å². The summed E-state index contributed by atoms with van der Waals surface area (Å²) in [6, 6.07) is 16.5. The molecule has 3 aliphatic heterocycles. The number of nitrogens with one attached hydrogen (secondary N) is 1. The average Bonchev–Trinajstić information content (AvgIpc) is 3.12. The molecule has 7 rings (SSSR count). The van der Waals surface area contributed by atoms with Crippen LogP contribution in [-0.4, -0.2) is 61.9 Å². The molecule has 4 heterocycles. The number of halogens is 5. The van der Waals surface area contributed by atoms with Crippen LogP contribution >= 0.6 is 23.2 Å². The van der Waals surface area contributed by atoms with E-state index in [-0.39, 0.29) is 53.2 Å². The summed E-state index contributed by atoms with van der Waals surface area (Å²) < 4.78 is 62.7. The van der Waals surface area contributed by atoms with Gasteiger partial charge in [-0.1, -0.05) is 53.5 Å². The number of methoxy groups -OCH3 is 1. The van der Waals surface area contributed by atoms with Crippen molar-refractivity contribution in [3.63, 3.8) is 0 Å². The van der Waals surface area contributed by atoms with Gasteiger partial charge in [-0.15, -0.1) is 0 Å². The number of H-pyrrole nitrogens is 1. The lowest BCUT2D eigenvalue weighted by Gasteiger charge is -2.44. The molecular formula is C37H36Cl2F3N3O7. The first kappa shape index (κ1) is 38.7. The topological polar surface area (TPSA) is 122 Å². The molecular weight excluding hydrogens is 726 g/mol. The number of carbonyl (C=O) groups is 2. The third-order valence-corrected chi connectivity index (χ3v) is 9.83. The molecule has 15 heteroatoms. The highest BCUT2D eigenvalue weighted by Crippen LogP contribution is 2.36. The fourth-order valence-corrected chi connectivity index (χ4v) is 6.98. The normalized spacial score (nSPS) is 18.2. The number of benzene rings is 3. The van der Waals surface area contributed by atoms with Gasteiger partial charge in [-0.25, -0.2) is 19.0 Å². The number of hydrogen-bond acceptors (Lipinski definition) is 8. The number of esters is 1. The van der Waals surface area contributed by atoms with Crippen molar-refractivity contribution < 1.29 is 52.2 Å². The van der Waals surface area contributed by atoms with Crippen LogP contribution in [0.3, 0.4) is 0 Å². The van der Waals surface area contributed by atoms with Gasteiger partial charge in [-0.2, -0.15) is 8.78 Å². The van der Waals surface area contributed by atoms with Gasteiger partial charge in [0.25, 0.3) is 0 Å². The molecule has 2 bridgehead atoms. The standard InChI is InChI=1S/C37H34Cl2F3N3O6.H2O/c1-48-33-16-25(10-11-31(33)50-36(41)42)32(17-26-27(38)18-43-19-28(26)39)49-35(46)24-8-6-22(7-9-24)20-45(30-5-3-2-4-29(30)40)37(47)51-34-21-44-14-12-23(34)13-15-44;/h2-11,16,18-19,23,32,34,36H,12-15,17,20-21H2,1H3;1H2/t32-,34-;/m0./s1. The number of piperidine rings is 3. The first-order valence-electron chi connectivity index (χ1n) is 16.3. The zero-order valence-electron chi connectivity index (χ0n) is 27.9. The van der Waals surface area contributed by atoms with E-state index >= 15 is 4.39 Å². The highest BCUT2D eigenvalue weighted by Gasteiger charge is 2.38. The van der Waals surface area contributed by atoms with Crippen LogP contribution in [-0.2, 0) is 22.4 Å². The van der Waals surface area contributed by atoms with Crippen LogP contribution in [0.25, 0.3) is 0 Å². The second kappa shape index (κ2) is 17.3. The lowest BCUT2D eigenvalue weighted by atomic mass is 9.86. The van der Waals surface area contributed by atoms with Crippen molar-refractivity contribution in [2.75, 3.05) is 31.6 Å². The second-order valence-corrected chi connectivity index (χ2v) is 13.1. The first-order chi connectivity index (χ1) is 24.6. The van der Waals surface area contributed by atoms with Gasteiger partial charge < -0.3 is 24.4 Å². The number of pyridine rings is 1. The number of alkyl halides is 2. The van der Waals surface area contributed by atoms with Gasteiger partial charge in [0.1, 0.15) is 28.1 Å². The van der Waals surface area contributed by atoms with E-state index in [0.717, 1.165) is 25.9 Å². The highest BCUT2D eigenvalue weighted by atomic mass is 35.5. The Morgan fingerprint density at radius 3 is 2.29 bits per heavy atom. The summed E-state index contributed by atoms with van der Waals surface area (Å²) in [6.45, 7) is -0.480. The molecule has 2 atom stereocenters. The molecule has 52 heavy (non-hydrogen) atoms. The number of anilines is 1. The summed E-state index contributed by atoms with van der Waals surface area (Å²) >= 11 is 12.8. The van der Waals surface area contributed by atoms with E-state index in [2.05, 4.69) is 14.6 Å². The third kappa shape index (κ3) is 9.08. The number of nitrogens with zero attached hydrogens (tertiary/aromatic N) is 2. The molecule has 10 nitrogen and oxygen atoms in total. The highest BCUT2D eigenvalue weighted by molar-refractivity contribution is 6.35. The SMILES string of the molecule is COc1cc([C@H](Cc2c(Cl)c[nH+]cc2Cl)OC(=O)c2ccc(CN(C(=O)O[C@H]3CN4CCC3CC4)c3ccccc3F)cc2)ccc1OC(F)F.[OH-]. The van der Waals surface area contributed by atoms with E-state index in [1.54, 1.807) is 24.3 Å². The third-order valence-electron chi connectivity index (χ3n) is 9.15. The Morgan fingerprint density at radius 1 is 0.981 bits per heavy atom. The van der Waals surface area contributed by atoms with Gasteiger partial charge in [0.15, 0.2) is 23.9 Å². The van der Waals surface area contributed by atoms with Crippen LogP contribution < -0.4 is 19.4 Å². The second-order valence-electron chi connectivity index (χ2n) is 12.3. The quantitative estimate of drug-likeness (QED) is 0.134. The van der Waals surface area contributed by atoms with Gasteiger partial charge in [-0.05, 0) is 79.4 Å². The zero-order valence-corrected chi connectivity index (χ0v) is 29.5. The molecule has 3 saturated heterocycles. The van der Waals surface area contributed by atoms with E-state index in [0.29, 0.717) is 33.3 Å². The molecule has 4 aromatic rings. The van der Waals surface area contributed by atoms with Crippen molar-refractivity contribution in [1.82, 2.24) is 4.90 Å². The number of ether oxygens (including phenoxy) is 4. The number of amides is 1. The van der Waals surface area contributed by atoms with Gasteiger partial charge >= 0.3 is 18.7 Å². The Bertz CT molecular complexity index is 1840. The maximum Gasteiger partial charge on any atom is 0.415 e. The van der Waals surface area contributed by atoms with Gasteiger partial charge in [0.05, 0.1) is 24.9 Å². The van der Waals surface area contributed by atoms with Crippen LogP contribution in [0, 0.1) is 11.7 Å². The van der Waals surface area contributed by atoms with Gasteiger partial charge in [0.2, 0.25) is 0 Å². The van der Waals surface area contributed by atoms with Crippen molar-refractivity contribution >= 4 is 41.0 Å². The lowest BCUT2D eigenvalue weighted by Crippen LogP contribution is -2.53. The Balaban J connectivity index is 0.00000523. The number of aromatic nitrogens is 1. The molecule has 0 saturated carbocycles. The first-order valence-corrected chi connectivity index (χ1v) is 17.1. The van der Waals surface area contributed by atoms with Crippen molar-refractivity contribution in [2.45, 2.75) is 44.6 Å². The molecule has 0 spiro atoms. The minimum absolute atomic E-state index is 0. The Kier molecular flexibility index (Phi) is 12.9. The van der Waals surface area contributed by atoms with Crippen LogP contribution in [0.5, 0.6) is 11.5 Å². The predicted molar refractivity (Wildman–Crippen MR) is 185 cm³/mol. The van der Waals surface area contributed by atoms with Crippen LogP contribution in [0.4, 0.5) is 23.7 Å². The van der Waals surface area contributed by atoms with Crippen LogP contribution in [0.1, 0.15) is 46.0 Å². The lowest BCUT2D eigenvalue weighted by molar-refractivity contribution is -0.377. The molecule has 3 aliphatic rings. The van der Waals surface area contributed by atoms with Crippen molar-refractivity contribution in [3.05, 3.63) is 117 Å². The summed E-state index contributed by atoms with van der Waals surface area (Å²) in [5, 5.41) is 0.591. The average molecular weight is 763 g/mol. The molecule has 2 N–H and O–H groups in total. The fourth-order valence-electron chi connectivity index (χ4n) is 6.44. The molecule has 1 aromatic heterocycles. The maximum atomic E-state index is 15.0. The summed E-state index contributed by atoms with van der Waals surface area (Å²) in [6.07, 6.45) is 3.08. The smallest absolute Gasteiger partial charge is 0.415 e. The van der Waals surface area contributed by atoms with Gasteiger partial charge in [0, 0.05) is 18.5 Å². The monoisotopic (exact) mass is 761 g/mol. The van der Waals surface area contributed by atoms with E-state index in [1.807, 2.05) is 0 Å². The number of hydrogen-bond donors (Lipinski definition) is 0. The Labute approximate surface area is 308 Å². The number of para-hydroxylation sites is 1. The summed E-state index contributed by atoms with van der Waals surface area (Å²) in [4.78, 5) is 33.5. The largest absolute Gasteiger partial charge is 0.870 e. The van der Waals surface area contributed by atoms with Crippen molar-refractivity contribution in [2.24, 2.45) is 5.92 Å². The molecule has 0 aliphatic carbocycles. The van der Waals surface area contributed by atoms with Crippen LogP contribution in [0.2, 0.25) is 10.0 Å². The molecule has 1 amide bonds. The number of carbonyl (C=O) groups excluding carboxylic acids is 2. The Morgan fingerprint density at radius 2 is 1.67 bits per heavy atom. The predicted octanol–water partition coefficient (Wildman–Crippen LogP) is 7.76. The van der Waals surface area contributed by atoms with E-state index in [1.165, 1.54) is 66.9 Å². The minimum Gasteiger partial charge on any atom is -0.870 e. The molecule has 3 fully saturated rings. The number of fused-ring (bicyclic) bond motifs is 3. The van der Waals surface area contributed by atoms with Gasteiger partial charge in [-0.3, -0.25) is 9.80 Å². The molecule has 276 valence electrons. The molecule has 3 aromatic carbocycles. The minimum atomic E-state index is -3.07. The number of aromatic amines is 1. The van der Waals surface area contributed by atoms with Crippen molar-refractivity contribution in [1.29, 1.82) is 0 Å². The fraction of sp³-hybridized carbons (Fsp3) is 0.324. The molecule has 0 unspecified atom stereocenters. The van der Waals surface area contributed by atoms with E-state index < -0.39 is 30.6 Å². The van der Waals surface area contributed by atoms with Crippen molar-refractivity contribution in [3.8, 4) is 11.5 Å². The Hall–Kier alpha value is -4.56. The summed E-state index contributed by atoms with van der Waals surface area (Å²) in [7, 11) is 1.30. The number of rotatable bonds is 12. The summed E-state index contributed by atoms with van der Waals surface area (Å²) in [5.74, 6) is -1.20. The zero-order chi connectivity index (χ0) is 36.1. The van der Waals surface area contributed by atoms with E-state index in [4.69, 9.17) is 37.4 Å².